The Labute approximate surface area is 101 Å². The lowest BCUT2D eigenvalue weighted by atomic mass is 10.4. The van der Waals surface area contributed by atoms with Gasteiger partial charge < -0.3 is 9.05 Å². The average molecular weight is 260 g/mol. The van der Waals surface area contributed by atoms with Gasteiger partial charge in [-0.3, -0.25) is 4.57 Å². The third kappa shape index (κ3) is 4.71. The van der Waals surface area contributed by atoms with Crippen LogP contribution in [0.5, 0.6) is 0 Å². The zero-order valence-corrected chi connectivity index (χ0v) is 11.3. The Kier molecular flexibility index (Phi) is 6.14. The molecule has 0 unspecified atom stereocenters. The highest BCUT2D eigenvalue weighted by atomic mass is 32.2. The first kappa shape index (κ1) is 13.8. The minimum Gasteiger partial charge on any atom is -0.308 e. The monoisotopic (exact) mass is 260 g/mol. The Balaban J connectivity index is 2.53. The van der Waals surface area contributed by atoms with Crippen LogP contribution in [0.4, 0.5) is 0 Å². The van der Waals surface area contributed by atoms with Gasteiger partial charge in [-0.2, -0.15) is 0 Å². The minimum atomic E-state index is -2.92. The van der Waals surface area contributed by atoms with Crippen LogP contribution in [-0.2, 0) is 13.6 Å². The molecule has 0 aliphatic rings. The van der Waals surface area contributed by atoms with E-state index < -0.39 is 7.60 Å². The number of thioether (sulfide) groups is 1. The van der Waals surface area contributed by atoms with Gasteiger partial charge in [-0.15, -0.1) is 11.8 Å². The molecule has 0 bridgehead atoms. The lowest BCUT2D eigenvalue weighted by Crippen LogP contribution is -1.97. The van der Waals surface area contributed by atoms with Crippen LogP contribution in [0.25, 0.3) is 0 Å². The summed E-state index contributed by atoms with van der Waals surface area (Å²) in [5.74, 6) is 0. The van der Waals surface area contributed by atoms with E-state index >= 15 is 0 Å². The van der Waals surface area contributed by atoms with Crippen LogP contribution in [0, 0.1) is 0 Å². The molecular weight excluding hydrogens is 243 g/mol. The number of rotatable bonds is 7. The second kappa shape index (κ2) is 7.13. The zero-order valence-electron chi connectivity index (χ0n) is 9.59. The van der Waals surface area contributed by atoms with E-state index in [1.807, 2.05) is 44.2 Å². The normalized spacial score (nSPS) is 11.6. The SMILES string of the molecule is CCOP(=O)(CSc1ccccc1)OCC. The van der Waals surface area contributed by atoms with Crippen LogP contribution < -0.4 is 0 Å². The Hall–Kier alpha value is -0.280. The van der Waals surface area contributed by atoms with Gasteiger partial charge in [0.2, 0.25) is 0 Å². The Bertz CT molecular complexity index is 332. The standard InChI is InChI=1S/C11H17O3PS/c1-3-13-15(12,14-4-2)10-16-11-8-6-5-7-9-11/h5-9H,3-4,10H2,1-2H3. The van der Waals surface area contributed by atoms with Crippen molar-refractivity contribution in [2.45, 2.75) is 18.7 Å². The summed E-state index contributed by atoms with van der Waals surface area (Å²) < 4.78 is 22.5. The highest BCUT2D eigenvalue weighted by Crippen LogP contribution is 2.51. The van der Waals surface area contributed by atoms with Crippen LogP contribution in [0.3, 0.4) is 0 Å². The van der Waals surface area contributed by atoms with Gasteiger partial charge in [0.1, 0.15) is 5.49 Å². The summed E-state index contributed by atoms with van der Waals surface area (Å²) >= 11 is 1.49. The van der Waals surface area contributed by atoms with Crippen LogP contribution in [-0.4, -0.2) is 18.7 Å². The molecule has 90 valence electrons. The third-order valence-electron chi connectivity index (χ3n) is 1.78. The number of hydrogen-bond acceptors (Lipinski definition) is 4. The molecule has 1 rings (SSSR count). The van der Waals surface area contributed by atoms with Gasteiger partial charge in [0.25, 0.3) is 0 Å². The quantitative estimate of drug-likeness (QED) is 0.548. The fourth-order valence-corrected chi connectivity index (χ4v) is 4.21. The molecule has 1 aromatic rings. The second-order valence-corrected chi connectivity index (χ2v) is 6.56. The van der Waals surface area contributed by atoms with Crippen LogP contribution in [0.2, 0.25) is 0 Å². The number of benzene rings is 1. The topological polar surface area (TPSA) is 35.5 Å². The molecular formula is C11H17O3PS. The van der Waals surface area contributed by atoms with Gasteiger partial charge in [0, 0.05) is 4.90 Å². The molecule has 0 saturated carbocycles. The van der Waals surface area contributed by atoms with Crippen molar-refractivity contribution in [2.24, 2.45) is 0 Å². The van der Waals surface area contributed by atoms with E-state index in [1.165, 1.54) is 11.8 Å². The van der Waals surface area contributed by atoms with Gasteiger partial charge in [0.15, 0.2) is 0 Å². The number of hydrogen-bond donors (Lipinski definition) is 0. The molecule has 0 N–H and O–H groups in total. The third-order valence-corrected chi connectivity index (χ3v) is 5.47. The molecule has 0 aromatic heterocycles. The van der Waals surface area contributed by atoms with Gasteiger partial charge in [-0.25, -0.2) is 0 Å². The average Bonchev–Trinajstić information content (AvgIpc) is 2.29. The van der Waals surface area contributed by atoms with E-state index in [0.717, 1.165) is 4.90 Å². The molecule has 0 saturated heterocycles. The lowest BCUT2D eigenvalue weighted by Gasteiger charge is -2.16. The second-order valence-electron chi connectivity index (χ2n) is 3.03. The van der Waals surface area contributed by atoms with Crippen molar-refractivity contribution >= 4 is 19.4 Å². The first-order chi connectivity index (χ1) is 7.70. The first-order valence-corrected chi connectivity index (χ1v) is 7.97. The van der Waals surface area contributed by atoms with Crippen molar-refractivity contribution in [2.75, 3.05) is 18.7 Å². The molecule has 1 aromatic carbocycles. The maximum Gasteiger partial charge on any atom is 0.340 e. The van der Waals surface area contributed by atoms with Crippen molar-refractivity contribution < 1.29 is 13.6 Å². The summed E-state index contributed by atoms with van der Waals surface area (Å²) in [5, 5.41) is 0. The Morgan fingerprint density at radius 1 is 1.12 bits per heavy atom. The van der Waals surface area contributed by atoms with Gasteiger partial charge in [-0.05, 0) is 26.0 Å². The summed E-state index contributed by atoms with van der Waals surface area (Å²) in [6.45, 7) is 4.46. The molecule has 16 heavy (non-hydrogen) atoms. The lowest BCUT2D eigenvalue weighted by molar-refractivity contribution is 0.224. The van der Waals surface area contributed by atoms with Crippen LogP contribution >= 0.6 is 19.4 Å². The van der Waals surface area contributed by atoms with Crippen molar-refractivity contribution in [3.05, 3.63) is 30.3 Å². The molecule has 0 fully saturated rings. The van der Waals surface area contributed by atoms with Crippen LogP contribution in [0.1, 0.15) is 13.8 Å². The highest BCUT2D eigenvalue weighted by Gasteiger charge is 2.23. The van der Waals surface area contributed by atoms with Gasteiger partial charge >= 0.3 is 7.60 Å². The zero-order chi connectivity index (χ0) is 11.9. The van der Waals surface area contributed by atoms with Crippen molar-refractivity contribution in [1.29, 1.82) is 0 Å². The molecule has 3 nitrogen and oxygen atoms in total. The summed E-state index contributed by atoms with van der Waals surface area (Å²) in [7, 11) is -2.92. The summed E-state index contributed by atoms with van der Waals surface area (Å²) in [6, 6.07) is 9.82. The Morgan fingerprint density at radius 3 is 2.19 bits per heavy atom. The fourth-order valence-electron chi connectivity index (χ4n) is 1.18. The highest BCUT2D eigenvalue weighted by molar-refractivity contribution is 8.04. The summed E-state index contributed by atoms with van der Waals surface area (Å²) in [4.78, 5) is 1.07. The molecule has 5 heteroatoms. The smallest absolute Gasteiger partial charge is 0.308 e. The van der Waals surface area contributed by atoms with E-state index in [0.29, 0.717) is 18.7 Å². The van der Waals surface area contributed by atoms with Crippen molar-refractivity contribution in [3.63, 3.8) is 0 Å². The van der Waals surface area contributed by atoms with E-state index in [2.05, 4.69) is 0 Å². The fraction of sp³-hybridized carbons (Fsp3) is 0.455. The molecule has 0 atom stereocenters. The molecule has 0 aliphatic carbocycles. The van der Waals surface area contributed by atoms with Gasteiger partial charge in [-0.1, -0.05) is 18.2 Å². The predicted molar refractivity (Wildman–Crippen MR) is 68.0 cm³/mol. The van der Waals surface area contributed by atoms with E-state index in [-0.39, 0.29) is 0 Å². The minimum absolute atomic E-state index is 0.360. The Morgan fingerprint density at radius 2 is 1.69 bits per heavy atom. The van der Waals surface area contributed by atoms with E-state index in [4.69, 9.17) is 9.05 Å². The molecule has 0 heterocycles. The summed E-state index contributed by atoms with van der Waals surface area (Å²) in [5.41, 5.74) is 0.360. The van der Waals surface area contributed by atoms with Crippen LogP contribution in [0.15, 0.2) is 35.2 Å². The van der Waals surface area contributed by atoms with Gasteiger partial charge in [0.05, 0.1) is 13.2 Å². The molecule has 0 aliphatic heterocycles. The van der Waals surface area contributed by atoms with Crippen molar-refractivity contribution in [3.8, 4) is 0 Å². The van der Waals surface area contributed by atoms with Crippen molar-refractivity contribution in [1.82, 2.24) is 0 Å². The largest absolute Gasteiger partial charge is 0.340 e. The molecule has 0 spiro atoms. The van der Waals surface area contributed by atoms with E-state index in [1.54, 1.807) is 0 Å². The summed E-state index contributed by atoms with van der Waals surface area (Å²) in [6.07, 6.45) is 0. The maximum absolute atomic E-state index is 12.1. The first-order valence-electron chi connectivity index (χ1n) is 5.26. The predicted octanol–water partition coefficient (Wildman–Crippen LogP) is 4.00. The van der Waals surface area contributed by atoms with E-state index in [9.17, 15) is 4.57 Å². The molecule has 0 radical (unpaired) electrons. The maximum atomic E-state index is 12.1. The molecule has 0 amide bonds.